The van der Waals surface area contributed by atoms with Crippen LogP contribution in [0, 0.1) is 0 Å². The highest BCUT2D eigenvalue weighted by molar-refractivity contribution is 9.10. The maximum absolute atomic E-state index is 11.9. The summed E-state index contributed by atoms with van der Waals surface area (Å²) in [5.74, 6) is 0.186. The molecular weight excluding hydrogens is 370 g/mol. The van der Waals surface area contributed by atoms with Gasteiger partial charge in [-0.1, -0.05) is 12.1 Å². The number of halogens is 1. The van der Waals surface area contributed by atoms with Crippen LogP contribution >= 0.6 is 15.9 Å². The average Bonchev–Trinajstić information content (AvgIpc) is 2.59. The van der Waals surface area contributed by atoms with Crippen LogP contribution < -0.4 is 15.4 Å². The number of carbonyl (C=O) groups excluding carboxylic acids is 1. The van der Waals surface area contributed by atoms with Gasteiger partial charge in [-0.3, -0.25) is 9.78 Å². The number of nitrogens with two attached hydrogens (primary N) is 1. The number of hydrogen-bond donors (Lipinski definition) is 1. The van der Waals surface area contributed by atoms with E-state index in [1.807, 2.05) is 54.4 Å². The van der Waals surface area contributed by atoms with Gasteiger partial charge in [0, 0.05) is 29.2 Å². The summed E-state index contributed by atoms with van der Waals surface area (Å²) >= 11 is 3.55. The third kappa shape index (κ3) is 2.80. The van der Waals surface area contributed by atoms with Crippen LogP contribution in [0.4, 0.5) is 11.4 Å². The quantitative estimate of drug-likeness (QED) is 0.739. The van der Waals surface area contributed by atoms with Crippen molar-refractivity contribution in [2.45, 2.75) is 0 Å². The molecule has 1 heterocycles. The van der Waals surface area contributed by atoms with Gasteiger partial charge in [0.15, 0.2) is 0 Å². The van der Waals surface area contributed by atoms with Crippen LogP contribution in [0.5, 0.6) is 5.75 Å². The number of ether oxygens (including phenoxy) is 1. The Morgan fingerprint density at radius 2 is 2.00 bits per heavy atom. The summed E-state index contributed by atoms with van der Waals surface area (Å²) in [6.45, 7) is 0. The van der Waals surface area contributed by atoms with Gasteiger partial charge in [0.05, 0.1) is 29.6 Å². The third-order valence-corrected chi connectivity index (χ3v) is 4.53. The molecule has 3 rings (SSSR count). The number of anilines is 2. The van der Waals surface area contributed by atoms with Crippen molar-refractivity contribution in [1.29, 1.82) is 0 Å². The maximum Gasteiger partial charge on any atom is 0.252 e. The molecule has 0 saturated heterocycles. The molecule has 5 nitrogen and oxygen atoms in total. The lowest BCUT2D eigenvalue weighted by Gasteiger charge is -2.24. The molecule has 1 amide bonds. The van der Waals surface area contributed by atoms with Gasteiger partial charge in [-0.15, -0.1) is 0 Å². The minimum absolute atomic E-state index is 0.367. The van der Waals surface area contributed by atoms with Crippen LogP contribution in [0.1, 0.15) is 10.4 Å². The number of pyridine rings is 1. The van der Waals surface area contributed by atoms with Crippen molar-refractivity contribution < 1.29 is 9.53 Å². The van der Waals surface area contributed by atoms with Crippen molar-refractivity contribution in [1.82, 2.24) is 4.98 Å². The third-order valence-electron chi connectivity index (χ3n) is 3.86. The summed E-state index contributed by atoms with van der Waals surface area (Å²) in [6.07, 6.45) is 1.51. The van der Waals surface area contributed by atoms with Crippen molar-refractivity contribution in [2.24, 2.45) is 5.73 Å². The zero-order valence-electron chi connectivity index (χ0n) is 13.3. The number of hydrogen-bond acceptors (Lipinski definition) is 4. The molecule has 6 heteroatoms. The Morgan fingerprint density at radius 3 is 2.67 bits per heavy atom. The average molecular weight is 386 g/mol. The molecule has 0 saturated carbocycles. The van der Waals surface area contributed by atoms with Gasteiger partial charge < -0.3 is 15.4 Å². The van der Waals surface area contributed by atoms with E-state index in [-0.39, 0.29) is 0 Å². The second kappa shape index (κ2) is 6.49. The number of aromatic nitrogens is 1. The van der Waals surface area contributed by atoms with E-state index in [1.54, 1.807) is 7.11 Å². The summed E-state index contributed by atoms with van der Waals surface area (Å²) in [4.78, 5) is 18.2. The summed E-state index contributed by atoms with van der Waals surface area (Å²) < 4.78 is 6.17. The van der Waals surface area contributed by atoms with E-state index in [2.05, 4.69) is 20.9 Å². The number of para-hydroxylation sites is 1. The summed E-state index contributed by atoms with van der Waals surface area (Å²) in [6, 6.07) is 13.3. The molecule has 0 aliphatic heterocycles. The Balaban J connectivity index is 2.29. The Labute approximate surface area is 148 Å². The summed E-state index contributed by atoms with van der Waals surface area (Å²) in [5.41, 5.74) is 8.30. The molecule has 24 heavy (non-hydrogen) atoms. The van der Waals surface area contributed by atoms with Gasteiger partial charge in [0.25, 0.3) is 5.91 Å². The Kier molecular flexibility index (Phi) is 4.40. The molecule has 0 aliphatic rings. The Morgan fingerprint density at radius 1 is 1.25 bits per heavy atom. The molecule has 0 bridgehead atoms. The number of benzene rings is 2. The number of fused-ring (bicyclic) bond motifs is 1. The predicted octanol–water partition coefficient (Wildman–Crippen LogP) is 3.87. The van der Waals surface area contributed by atoms with E-state index < -0.39 is 5.91 Å². The van der Waals surface area contributed by atoms with Crippen LogP contribution in [-0.2, 0) is 0 Å². The molecule has 122 valence electrons. The molecule has 0 fully saturated rings. The monoisotopic (exact) mass is 385 g/mol. The number of methoxy groups -OCH3 is 1. The highest BCUT2D eigenvalue weighted by atomic mass is 79.9. The van der Waals surface area contributed by atoms with Crippen LogP contribution in [0.15, 0.2) is 53.1 Å². The molecule has 0 unspecified atom stereocenters. The van der Waals surface area contributed by atoms with Crippen LogP contribution in [-0.4, -0.2) is 25.0 Å². The van der Waals surface area contributed by atoms with E-state index in [1.165, 1.54) is 6.20 Å². The number of primary amides is 1. The lowest BCUT2D eigenvalue weighted by atomic mass is 10.1. The Bertz CT molecular complexity index is 927. The molecule has 2 aromatic carbocycles. The van der Waals surface area contributed by atoms with E-state index in [0.29, 0.717) is 17.0 Å². The predicted molar refractivity (Wildman–Crippen MR) is 99.0 cm³/mol. The molecule has 0 spiro atoms. The number of carbonyl (C=O) groups is 1. The van der Waals surface area contributed by atoms with E-state index in [9.17, 15) is 4.79 Å². The van der Waals surface area contributed by atoms with E-state index in [4.69, 9.17) is 10.5 Å². The fourth-order valence-electron chi connectivity index (χ4n) is 2.67. The van der Waals surface area contributed by atoms with Gasteiger partial charge in [-0.25, -0.2) is 0 Å². The molecule has 1 aromatic heterocycles. The molecule has 2 N–H and O–H groups in total. The van der Waals surface area contributed by atoms with Gasteiger partial charge >= 0.3 is 0 Å². The smallest absolute Gasteiger partial charge is 0.252 e. The van der Waals surface area contributed by atoms with Gasteiger partial charge in [0.1, 0.15) is 5.75 Å². The van der Waals surface area contributed by atoms with Crippen LogP contribution in [0.2, 0.25) is 0 Å². The van der Waals surface area contributed by atoms with Crippen molar-refractivity contribution in [3.63, 3.8) is 0 Å². The SMILES string of the molecule is COc1ccc2c(N(C)c3ccccc3Br)c(C(N)=O)cnc2c1. The van der Waals surface area contributed by atoms with Gasteiger partial charge in [0.2, 0.25) is 0 Å². The highest BCUT2D eigenvalue weighted by Gasteiger charge is 2.19. The first-order valence-electron chi connectivity index (χ1n) is 7.27. The first kappa shape index (κ1) is 16.3. The first-order valence-corrected chi connectivity index (χ1v) is 8.07. The fraction of sp³-hybridized carbons (Fsp3) is 0.111. The minimum Gasteiger partial charge on any atom is -0.497 e. The van der Waals surface area contributed by atoms with E-state index in [0.717, 1.165) is 21.1 Å². The molecule has 0 aliphatic carbocycles. The number of rotatable bonds is 4. The van der Waals surface area contributed by atoms with Gasteiger partial charge in [-0.2, -0.15) is 0 Å². The zero-order chi connectivity index (χ0) is 17.3. The van der Waals surface area contributed by atoms with E-state index >= 15 is 0 Å². The molecule has 3 aromatic rings. The first-order chi connectivity index (χ1) is 11.5. The number of nitrogens with zero attached hydrogens (tertiary/aromatic N) is 2. The lowest BCUT2D eigenvalue weighted by molar-refractivity contribution is 0.100. The van der Waals surface area contributed by atoms with Crippen molar-refractivity contribution >= 4 is 44.1 Å². The minimum atomic E-state index is -0.519. The topological polar surface area (TPSA) is 68.5 Å². The fourth-order valence-corrected chi connectivity index (χ4v) is 3.22. The summed E-state index contributed by atoms with van der Waals surface area (Å²) in [5, 5.41) is 0.824. The molecule has 0 radical (unpaired) electrons. The van der Waals surface area contributed by atoms with Crippen molar-refractivity contribution in [2.75, 3.05) is 19.1 Å². The van der Waals surface area contributed by atoms with Crippen molar-refractivity contribution in [3.05, 3.63) is 58.7 Å². The lowest BCUT2D eigenvalue weighted by Crippen LogP contribution is -2.19. The standard InChI is InChI=1S/C18H16BrN3O2/c1-22(16-6-4-3-5-14(16)19)17-12-8-7-11(24-2)9-15(12)21-10-13(17)18(20)23/h3-10H,1-2H3,(H2,20,23). The van der Waals surface area contributed by atoms with Crippen LogP contribution in [0.25, 0.3) is 10.9 Å². The zero-order valence-corrected chi connectivity index (χ0v) is 14.9. The highest BCUT2D eigenvalue weighted by Crippen LogP contribution is 2.37. The second-order valence-corrected chi connectivity index (χ2v) is 6.13. The Hall–Kier alpha value is -2.60. The maximum atomic E-state index is 11.9. The van der Waals surface area contributed by atoms with Crippen molar-refractivity contribution in [3.8, 4) is 5.75 Å². The second-order valence-electron chi connectivity index (χ2n) is 5.28. The normalized spacial score (nSPS) is 10.6. The largest absolute Gasteiger partial charge is 0.497 e. The molecule has 0 atom stereocenters. The summed E-state index contributed by atoms with van der Waals surface area (Å²) in [7, 11) is 3.50. The van der Waals surface area contributed by atoms with Gasteiger partial charge in [-0.05, 0) is 40.2 Å². The van der Waals surface area contributed by atoms with Crippen LogP contribution in [0.3, 0.4) is 0 Å². The molecular formula is C18H16BrN3O2. The number of amides is 1.